The van der Waals surface area contributed by atoms with E-state index in [1.807, 2.05) is 42.5 Å². The number of nitrogens with one attached hydrogen (secondary N) is 3. The van der Waals surface area contributed by atoms with E-state index in [9.17, 15) is 9.59 Å². The van der Waals surface area contributed by atoms with Crippen molar-refractivity contribution in [3.8, 4) is 5.75 Å². The SMILES string of the molecule is CNC(=O)CCc1ccc(NC(=S)NC(=O)c2ccc(OCCc3ccccc3)cc2)cc1. The zero-order chi connectivity index (χ0) is 23.5. The molecule has 0 unspecified atom stereocenters. The summed E-state index contributed by atoms with van der Waals surface area (Å²) in [5, 5.41) is 8.49. The van der Waals surface area contributed by atoms with Crippen LogP contribution in [0.4, 0.5) is 5.69 Å². The molecule has 3 aromatic rings. The first-order valence-corrected chi connectivity index (χ1v) is 11.1. The first-order chi connectivity index (χ1) is 16.0. The number of carbonyl (C=O) groups excluding carboxylic acids is 2. The molecule has 0 saturated carbocycles. The predicted octanol–water partition coefficient (Wildman–Crippen LogP) is 4.11. The van der Waals surface area contributed by atoms with Gasteiger partial charge in [-0.25, -0.2) is 0 Å². The number of hydrogen-bond donors (Lipinski definition) is 3. The summed E-state index contributed by atoms with van der Waals surface area (Å²) in [4.78, 5) is 23.8. The van der Waals surface area contributed by atoms with E-state index in [1.165, 1.54) is 5.56 Å². The summed E-state index contributed by atoms with van der Waals surface area (Å²) in [6.45, 7) is 0.564. The minimum Gasteiger partial charge on any atom is -0.493 e. The van der Waals surface area contributed by atoms with Crippen molar-refractivity contribution in [1.29, 1.82) is 0 Å². The molecule has 0 radical (unpaired) electrons. The van der Waals surface area contributed by atoms with Crippen LogP contribution in [0.25, 0.3) is 0 Å². The van der Waals surface area contributed by atoms with Gasteiger partial charge in [0.1, 0.15) is 5.75 Å². The number of anilines is 1. The second-order valence-electron chi connectivity index (χ2n) is 7.39. The van der Waals surface area contributed by atoms with Crippen molar-refractivity contribution in [2.45, 2.75) is 19.3 Å². The predicted molar refractivity (Wildman–Crippen MR) is 135 cm³/mol. The van der Waals surface area contributed by atoms with Crippen LogP contribution in [-0.4, -0.2) is 30.6 Å². The van der Waals surface area contributed by atoms with Crippen molar-refractivity contribution in [2.75, 3.05) is 19.0 Å². The lowest BCUT2D eigenvalue weighted by Crippen LogP contribution is -2.34. The Morgan fingerprint density at radius 2 is 1.52 bits per heavy atom. The van der Waals surface area contributed by atoms with E-state index >= 15 is 0 Å². The first-order valence-electron chi connectivity index (χ1n) is 10.7. The van der Waals surface area contributed by atoms with E-state index in [-0.39, 0.29) is 16.9 Å². The van der Waals surface area contributed by atoms with Crippen LogP contribution in [0.1, 0.15) is 27.9 Å². The summed E-state index contributed by atoms with van der Waals surface area (Å²) in [7, 11) is 1.62. The quantitative estimate of drug-likeness (QED) is 0.418. The minimum atomic E-state index is -0.300. The van der Waals surface area contributed by atoms with Gasteiger partial charge < -0.3 is 15.4 Å². The van der Waals surface area contributed by atoms with E-state index in [1.54, 1.807) is 31.3 Å². The molecule has 2 amide bonds. The molecule has 3 aromatic carbocycles. The maximum Gasteiger partial charge on any atom is 0.257 e. The Morgan fingerprint density at radius 3 is 2.18 bits per heavy atom. The molecule has 0 aromatic heterocycles. The van der Waals surface area contributed by atoms with Crippen LogP contribution in [0.15, 0.2) is 78.9 Å². The Bertz CT molecular complexity index is 1070. The third-order valence-electron chi connectivity index (χ3n) is 4.98. The summed E-state index contributed by atoms with van der Waals surface area (Å²) in [6.07, 6.45) is 1.92. The van der Waals surface area contributed by atoms with Crippen LogP contribution in [0.3, 0.4) is 0 Å². The molecule has 0 aliphatic rings. The highest BCUT2D eigenvalue weighted by Crippen LogP contribution is 2.14. The average molecular weight is 462 g/mol. The molecule has 170 valence electrons. The molecule has 0 fully saturated rings. The van der Waals surface area contributed by atoms with E-state index in [2.05, 4.69) is 28.1 Å². The largest absolute Gasteiger partial charge is 0.493 e. The van der Waals surface area contributed by atoms with E-state index in [0.717, 1.165) is 17.7 Å². The highest BCUT2D eigenvalue weighted by atomic mass is 32.1. The highest BCUT2D eigenvalue weighted by molar-refractivity contribution is 7.80. The summed E-state index contributed by atoms with van der Waals surface area (Å²) in [5.74, 6) is 0.415. The van der Waals surface area contributed by atoms with Crippen LogP contribution in [0.5, 0.6) is 5.75 Å². The molecule has 0 aliphatic carbocycles. The molecule has 0 spiro atoms. The van der Waals surface area contributed by atoms with E-state index < -0.39 is 0 Å². The maximum absolute atomic E-state index is 12.5. The fourth-order valence-corrected chi connectivity index (χ4v) is 3.32. The van der Waals surface area contributed by atoms with Gasteiger partial charge in [0.15, 0.2) is 5.11 Å². The topological polar surface area (TPSA) is 79.5 Å². The smallest absolute Gasteiger partial charge is 0.257 e. The van der Waals surface area contributed by atoms with Gasteiger partial charge in [0, 0.05) is 31.1 Å². The average Bonchev–Trinajstić information content (AvgIpc) is 2.84. The maximum atomic E-state index is 12.5. The molecule has 6 nitrogen and oxygen atoms in total. The molecule has 33 heavy (non-hydrogen) atoms. The van der Waals surface area contributed by atoms with Crippen LogP contribution >= 0.6 is 12.2 Å². The Labute approximate surface area is 199 Å². The molecule has 0 saturated heterocycles. The highest BCUT2D eigenvalue weighted by Gasteiger charge is 2.09. The molecule has 0 heterocycles. The zero-order valence-corrected chi connectivity index (χ0v) is 19.3. The van der Waals surface area contributed by atoms with Crippen molar-refractivity contribution in [3.05, 3.63) is 95.6 Å². The van der Waals surface area contributed by atoms with Crippen LogP contribution in [0, 0.1) is 0 Å². The number of hydrogen-bond acceptors (Lipinski definition) is 4. The molecule has 0 bridgehead atoms. The van der Waals surface area contributed by atoms with Crippen molar-refractivity contribution in [3.63, 3.8) is 0 Å². The second-order valence-corrected chi connectivity index (χ2v) is 7.80. The lowest BCUT2D eigenvalue weighted by Gasteiger charge is -2.11. The number of ether oxygens (including phenoxy) is 1. The van der Waals surface area contributed by atoms with Gasteiger partial charge in [-0.2, -0.15) is 0 Å². The molecule has 3 N–H and O–H groups in total. The third-order valence-corrected chi connectivity index (χ3v) is 5.18. The monoisotopic (exact) mass is 461 g/mol. The second kappa shape index (κ2) is 12.4. The molecule has 0 aliphatic heterocycles. The lowest BCUT2D eigenvalue weighted by molar-refractivity contribution is -0.120. The Kier molecular flexibility index (Phi) is 8.97. The Morgan fingerprint density at radius 1 is 0.848 bits per heavy atom. The number of benzene rings is 3. The summed E-state index contributed by atoms with van der Waals surface area (Å²) >= 11 is 5.26. The van der Waals surface area contributed by atoms with Gasteiger partial charge >= 0.3 is 0 Å². The number of rotatable bonds is 9. The van der Waals surface area contributed by atoms with Gasteiger partial charge in [-0.05, 0) is 66.2 Å². The van der Waals surface area contributed by atoms with Gasteiger partial charge in [0.05, 0.1) is 6.61 Å². The number of aryl methyl sites for hydroxylation is 1. The van der Waals surface area contributed by atoms with Crippen LogP contribution in [0.2, 0.25) is 0 Å². The van der Waals surface area contributed by atoms with Gasteiger partial charge in [0.2, 0.25) is 5.91 Å². The number of thiocarbonyl (C=S) groups is 1. The van der Waals surface area contributed by atoms with E-state index in [0.29, 0.717) is 30.8 Å². The Balaban J connectivity index is 1.43. The Hall–Kier alpha value is -3.71. The standard InChI is InChI=1S/C26H27N3O3S/c1-27-24(30)16-9-20-7-12-22(13-8-20)28-26(33)29-25(31)21-10-14-23(15-11-21)32-18-17-19-5-3-2-4-6-19/h2-8,10-15H,9,16-18H2,1H3,(H,27,30)(H2,28,29,31,33). The third kappa shape index (κ3) is 8.05. The molecular weight excluding hydrogens is 434 g/mol. The fourth-order valence-electron chi connectivity index (χ4n) is 3.11. The van der Waals surface area contributed by atoms with Gasteiger partial charge in [-0.15, -0.1) is 0 Å². The summed E-state index contributed by atoms with van der Waals surface area (Å²) in [6, 6.07) is 24.7. The lowest BCUT2D eigenvalue weighted by atomic mass is 10.1. The number of amides is 2. The molecule has 7 heteroatoms. The first kappa shape index (κ1) is 23.9. The molecule has 0 atom stereocenters. The summed E-state index contributed by atoms with van der Waals surface area (Å²) < 4.78 is 5.76. The fraction of sp³-hybridized carbons (Fsp3) is 0.192. The van der Waals surface area contributed by atoms with Crippen LogP contribution < -0.4 is 20.7 Å². The van der Waals surface area contributed by atoms with Crippen molar-refractivity contribution in [2.24, 2.45) is 0 Å². The normalized spacial score (nSPS) is 10.2. The van der Waals surface area contributed by atoms with Gasteiger partial charge in [0.25, 0.3) is 5.91 Å². The van der Waals surface area contributed by atoms with Gasteiger partial charge in [-0.3, -0.25) is 14.9 Å². The van der Waals surface area contributed by atoms with Crippen molar-refractivity contribution < 1.29 is 14.3 Å². The zero-order valence-electron chi connectivity index (χ0n) is 18.5. The van der Waals surface area contributed by atoms with Crippen molar-refractivity contribution in [1.82, 2.24) is 10.6 Å². The van der Waals surface area contributed by atoms with Crippen LogP contribution in [-0.2, 0) is 17.6 Å². The molecule has 3 rings (SSSR count). The molecular formula is C26H27N3O3S. The minimum absolute atomic E-state index is 0.00729. The number of carbonyl (C=O) groups is 2. The van der Waals surface area contributed by atoms with E-state index in [4.69, 9.17) is 17.0 Å². The summed E-state index contributed by atoms with van der Waals surface area (Å²) in [5.41, 5.74) is 3.50. The van der Waals surface area contributed by atoms with Gasteiger partial charge in [-0.1, -0.05) is 42.5 Å². The van der Waals surface area contributed by atoms with Crippen molar-refractivity contribution >= 4 is 34.8 Å².